The van der Waals surface area contributed by atoms with Gasteiger partial charge in [-0.25, -0.2) is 4.98 Å². The molecule has 4 unspecified atom stereocenters. The fourth-order valence-electron chi connectivity index (χ4n) is 4.59. The van der Waals surface area contributed by atoms with Crippen LogP contribution in [0.4, 0.5) is 5.95 Å². The number of fused-ring (bicyclic) bond motifs is 3. The maximum absolute atomic E-state index is 6.18. The van der Waals surface area contributed by atoms with Crippen LogP contribution in [0.5, 0.6) is 0 Å². The van der Waals surface area contributed by atoms with Crippen LogP contribution in [0.25, 0.3) is 11.0 Å². The van der Waals surface area contributed by atoms with Crippen molar-refractivity contribution in [3.63, 3.8) is 0 Å². The van der Waals surface area contributed by atoms with E-state index in [0.717, 1.165) is 33.8 Å². The Bertz CT molecular complexity index is 663. The summed E-state index contributed by atoms with van der Waals surface area (Å²) < 4.78 is 2.20. The number of halogens is 1. The zero-order valence-corrected chi connectivity index (χ0v) is 12.5. The van der Waals surface area contributed by atoms with Crippen LogP contribution in [-0.4, -0.2) is 9.55 Å². The smallest absolute Gasteiger partial charge is 0.201 e. The van der Waals surface area contributed by atoms with E-state index in [2.05, 4.69) is 16.5 Å². The molecule has 1 aromatic heterocycles. The molecule has 0 saturated heterocycles. The van der Waals surface area contributed by atoms with Gasteiger partial charge in [-0.1, -0.05) is 18.0 Å². The van der Waals surface area contributed by atoms with Gasteiger partial charge in [0.05, 0.1) is 11.0 Å². The van der Waals surface area contributed by atoms with Crippen LogP contribution in [0.15, 0.2) is 18.2 Å². The summed E-state index contributed by atoms with van der Waals surface area (Å²) in [5, 5.41) is 0.749. The van der Waals surface area contributed by atoms with Crippen LogP contribution in [0.2, 0.25) is 5.02 Å². The van der Waals surface area contributed by atoms with Crippen LogP contribution >= 0.6 is 11.6 Å². The average molecular weight is 290 g/mol. The lowest BCUT2D eigenvalue weighted by Crippen LogP contribution is -2.23. The lowest BCUT2D eigenvalue weighted by Gasteiger charge is -2.29. The van der Waals surface area contributed by atoms with Crippen molar-refractivity contribution in [1.29, 1.82) is 0 Å². The van der Waals surface area contributed by atoms with E-state index in [4.69, 9.17) is 17.3 Å². The number of nitrogens with zero attached hydrogens (tertiary/aromatic N) is 2. The van der Waals surface area contributed by atoms with Crippen molar-refractivity contribution in [2.75, 3.05) is 5.73 Å². The molecule has 4 rings (SSSR count). The molecule has 0 aliphatic heterocycles. The highest BCUT2D eigenvalue weighted by Gasteiger charge is 2.42. The lowest BCUT2D eigenvalue weighted by molar-refractivity contribution is 0.248. The first-order valence-electron chi connectivity index (χ1n) is 7.56. The van der Waals surface area contributed by atoms with Crippen molar-refractivity contribution in [1.82, 2.24) is 9.55 Å². The molecule has 20 heavy (non-hydrogen) atoms. The number of imidazole rings is 1. The molecule has 0 radical (unpaired) electrons. The summed E-state index contributed by atoms with van der Waals surface area (Å²) in [6, 6.07) is 6.24. The van der Waals surface area contributed by atoms with Gasteiger partial charge in [0.1, 0.15) is 0 Å². The fourth-order valence-corrected chi connectivity index (χ4v) is 4.76. The number of nitrogens with two attached hydrogens (primary N) is 1. The second-order valence-electron chi connectivity index (χ2n) is 6.55. The molecule has 0 amide bonds. The van der Waals surface area contributed by atoms with Gasteiger partial charge < -0.3 is 10.3 Å². The van der Waals surface area contributed by atoms with Gasteiger partial charge in [0.25, 0.3) is 0 Å². The number of anilines is 1. The van der Waals surface area contributed by atoms with Crippen LogP contribution in [0.1, 0.15) is 38.6 Å². The Hall–Kier alpha value is -1.22. The standard InChI is InChI=1S/C16H20ClN3/c1-9(13-7-10-2-3-11(13)6-10)20-15-8-12(17)4-5-14(15)19-16(20)18/h4-5,8-11,13H,2-3,6-7H2,1H3,(H2,18,19). The molecule has 2 aliphatic carbocycles. The van der Waals surface area contributed by atoms with E-state index in [-0.39, 0.29) is 0 Å². The highest BCUT2D eigenvalue weighted by atomic mass is 35.5. The molecule has 4 atom stereocenters. The summed E-state index contributed by atoms with van der Waals surface area (Å²) in [6.07, 6.45) is 5.60. The third kappa shape index (κ3) is 1.76. The first-order valence-corrected chi connectivity index (χ1v) is 7.94. The Kier molecular flexibility index (Phi) is 2.75. The summed E-state index contributed by atoms with van der Waals surface area (Å²) in [4.78, 5) is 4.49. The maximum atomic E-state index is 6.18. The predicted octanol–water partition coefficient (Wildman–Crippen LogP) is 4.27. The third-order valence-electron chi connectivity index (χ3n) is 5.50. The average Bonchev–Trinajstić information content (AvgIpc) is 3.10. The van der Waals surface area contributed by atoms with Gasteiger partial charge in [-0.15, -0.1) is 0 Å². The highest BCUT2D eigenvalue weighted by molar-refractivity contribution is 6.31. The van der Waals surface area contributed by atoms with Gasteiger partial charge in [-0.3, -0.25) is 0 Å². The van der Waals surface area contributed by atoms with Gasteiger partial charge in [0, 0.05) is 11.1 Å². The van der Waals surface area contributed by atoms with Gasteiger partial charge >= 0.3 is 0 Å². The molecule has 0 spiro atoms. The van der Waals surface area contributed by atoms with Gasteiger partial charge in [0.15, 0.2) is 0 Å². The van der Waals surface area contributed by atoms with E-state index in [1.165, 1.54) is 25.7 Å². The minimum Gasteiger partial charge on any atom is -0.369 e. The van der Waals surface area contributed by atoms with Crippen molar-refractivity contribution in [2.45, 2.75) is 38.6 Å². The number of nitrogen functional groups attached to an aromatic ring is 1. The SMILES string of the molecule is CC(C1CC2CCC1C2)n1c(N)nc2ccc(Cl)cc21. The van der Waals surface area contributed by atoms with Crippen LogP contribution in [-0.2, 0) is 0 Å². The first-order chi connectivity index (χ1) is 9.63. The van der Waals surface area contributed by atoms with Crippen LogP contribution in [0.3, 0.4) is 0 Å². The molecule has 2 bridgehead atoms. The molecule has 1 heterocycles. The predicted molar refractivity (Wildman–Crippen MR) is 82.8 cm³/mol. The number of hydrogen-bond acceptors (Lipinski definition) is 2. The van der Waals surface area contributed by atoms with Gasteiger partial charge in [0.2, 0.25) is 5.95 Å². The number of aromatic nitrogens is 2. The molecule has 2 N–H and O–H groups in total. The summed E-state index contributed by atoms with van der Waals surface area (Å²) >= 11 is 6.15. The summed E-state index contributed by atoms with van der Waals surface area (Å²) in [6.45, 7) is 2.30. The normalized spacial score (nSPS) is 30.2. The summed E-state index contributed by atoms with van der Waals surface area (Å²) in [5.41, 5.74) is 8.20. The van der Waals surface area contributed by atoms with E-state index in [1.54, 1.807) is 0 Å². The molecule has 3 nitrogen and oxygen atoms in total. The number of hydrogen-bond donors (Lipinski definition) is 1. The molecular formula is C16H20ClN3. The van der Waals surface area contributed by atoms with Crippen molar-refractivity contribution in [3.8, 4) is 0 Å². The highest BCUT2D eigenvalue weighted by Crippen LogP contribution is 2.52. The molecule has 2 aromatic rings. The number of benzene rings is 1. The van der Waals surface area contributed by atoms with E-state index < -0.39 is 0 Å². The van der Waals surface area contributed by atoms with E-state index >= 15 is 0 Å². The van der Waals surface area contributed by atoms with E-state index in [1.807, 2.05) is 18.2 Å². The van der Waals surface area contributed by atoms with Crippen molar-refractivity contribution >= 4 is 28.6 Å². The zero-order valence-electron chi connectivity index (χ0n) is 11.7. The first kappa shape index (κ1) is 12.5. The Balaban J connectivity index is 1.77. The molecule has 2 aliphatic rings. The van der Waals surface area contributed by atoms with Crippen molar-refractivity contribution < 1.29 is 0 Å². The Morgan fingerprint density at radius 1 is 1.35 bits per heavy atom. The van der Waals surface area contributed by atoms with Crippen molar-refractivity contribution in [3.05, 3.63) is 23.2 Å². The Morgan fingerprint density at radius 2 is 2.20 bits per heavy atom. The Labute approximate surface area is 124 Å². The topological polar surface area (TPSA) is 43.8 Å². The van der Waals surface area contributed by atoms with Crippen molar-refractivity contribution in [2.24, 2.45) is 17.8 Å². The maximum Gasteiger partial charge on any atom is 0.201 e. The van der Waals surface area contributed by atoms with E-state index in [9.17, 15) is 0 Å². The molecule has 4 heteroatoms. The largest absolute Gasteiger partial charge is 0.369 e. The minimum atomic E-state index is 0.411. The van der Waals surface area contributed by atoms with Gasteiger partial charge in [-0.2, -0.15) is 0 Å². The number of rotatable bonds is 2. The lowest BCUT2D eigenvalue weighted by atomic mass is 9.84. The summed E-state index contributed by atoms with van der Waals surface area (Å²) in [7, 11) is 0. The zero-order chi connectivity index (χ0) is 13.9. The molecule has 1 aromatic carbocycles. The quantitative estimate of drug-likeness (QED) is 0.897. The minimum absolute atomic E-state index is 0.411. The second-order valence-corrected chi connectivity index (χ2v) is 6.99. The van der Waals surface area contributed by atoms with Gasteiger partial charge in [-0.05, 0) is 62.1 Å². The molecule has 2 saturated carbocycles. The monoisotopic (exact) mass is 289 g/mol. The molecule has 106 valence electrons. The fraction of sp³-hybridized carbons (Fsp3) is 0.562. The second kappa shape index (κ2) is 4.39. The molecular weight excluding hydrogens is 270 g/mol. The van der Waals surface area contributed by atoms with E-state index in [0.29, 0.717) is 12.0 Å². The van der Waals surface area contributed by atoms with Crippen LogP contribution in [0, 0.1) is 17.8 Å². The molecule has 2 fully saturated rings. The summed E-state index contributed by atoms with van der Waals surface area (Å²) in [5.74, 6) is 3.20. The van der Waals surface area contributed by atoms with Crippen LogP contribution < -0.4 is 5.73 Å². The third-order valence-corrected chi connectivity index (χ3v) is 5.73. The Morgan fingerprint density at radius 3 is 2.90 bits per heavy atom.